The Balaban J connectivity index is 1.89. The number of esters is 1. The lowest BCUT2D eigenvalue weighted by atomic mass is 9.96. The molecule has 0 spiro atoms. The van der Waals surface area contributed by atoms with E-state index in [-0.39, 0.29) is 17.2 Å². The Kier molecular flexibility index (Phi) is 7.09. The van der Waals surface area contributed by atoms with Crippen LogP contribution in [-0.2, 0) is 9.53 Å². The molecule has 0 N–H and O–H groups in total. The van der Waals surface area contributed by atoms with Crippen LogP contribution >= 0.6 is 23.1 Å². The number of fused-ring (bicyclic) bond motifs is 1. The van der Waals surface area contributed by atoms with Crippen molar-refractivity contribution in [3.8, 4) is 0 Å². The van der Waals surface area contributed by atoms with Gasteiger partial charge in [-0.3, -0.25) is 9.36 Å². The van der Waals surface area contributed by atoms with Crippen LogP contribution in [-0.4, -0.2) is 28.9 Å². The zero-order chi connectivity index (χ0) is 25.3. The van der Waals surface area contributed by atoms with E-state index in [2.05, 4.69) is 4.99 Å². The smallest absolute Gasteiger partial charge is 0.338 e. The maximum atomic E-state index is 13.6. The van der Waals surface area contributed by atoms with Gasteiger partial charge in [-0.15, -0.1) is 11.8 Å². The first-order chi connectivity index (χ1) is 16.7. The van der Waals surface area contributed by atoms with E-state index in [0.717, 1.165) is 10.5 Å². The lowest BCUT2D eigenvalue weighted by Crippen LogP contribution is -2.40. The number of nitrogens with zero attached hydrogens (tertiary/aromatic N) is 2. The second-order valence-electron chi connectivity index (χ2n) is 8.22. The van der Waals surface area contributed by atoms with E-state index < -0.39 is 18.0 Å². The van der Waals surface area contributed by atoms with Crippen molar-refractivity contribution in [1.29, 1.82) is 0 Å². The van der Waals surface area contributed by atoms with Gasteiger partial charge >= 0.3 is 5.97 Å². The molecule has 0 fully saturated rings. The fraction of sp³-hybridized carbons (Fsp3) is 0.231. The zero-order valence-corrected chi connectivity index (χ0v) is 21.2. The Bertz CT molecular complexity index is 1500. The summed E-state index contributed by atoms with van der Waals surface area (Å²) in [5.41, 5.74) is 2.03. The Morgan fingerprint density at radius 2 is 1.80 bits per heavy atom. The van der Waals surface area contributed by atoms with Crippen LogP contribution in [0.2, 0.25) is 0 Å². The van der Waals surface area contributed by atoms with E-state index in [0.29, 0.717) is 26.2 Å². The van der Waals surface area contributed by atoms with Crippen LogP contribution in [0.5, 0.6) is 0 Å². The van der Waals surface area contributed by atoms with Gasteiger partial charge in [0.15, 0.2) is 4.80 Å². The standard InChI is InChI=1S/C26H24N2O5S2/c1-14(2)33-25(32)21-15(3)27-26-28(22(21)17-9-11-19(34-4)12-10-17)23(29)20(35-26)13-16-5-7-18(8-6-16)24(30)31/h5-14,22H,1-4H3,(H,30,31)/p-1/b20-13-/t22-/m1/s1. The van der Waals surface area contributed by atoms with Crippen molar-refractivity contribution >= 4 is 41.1 Å². The zero-order valence-electron chi connectivity index (χ0n) is 19.6. The van der Waals surface area contributed by atoms with E-state index in [9.17, 15) is 19.5 Å². The van der Waals surface area contributed by atoms with E-state index >= 15 is 0 Å². The molecule has 1 atom stereocenters. The SMILES string of the molecule is CSc1ccc([C@@H]2C(C(=O)OC(C)C)=C(C)N=c3s/c(=C\c4ccc(C(=O)[O-])cc4)c(=O)n32)cc1. The van der Waals surface area contributed by atoms with Gasteiger partial charge < -0.3 is 14.6 Å². The Morgan fingerprint density at radius 1 is 1.14 bits per heavy atom. The summed E-state index contributed by atoms with van der Waals surface area (Å²) in [4.78, 5) is 43.8. The van der Waals surface area contributed by atoms with Gasteiger partial charge in [0, 0.05) is 4.90 Å². The van der Waals surface area contributed by atoms with E-state index in [1.165, 1.54) is 28.0 Å². The molecule has 3 aromatic rings. The minimum Gasteiger partial charge on any atom is -0.545 e. The number of benzene rings is 2. The fourth-order valence-electron chi connectivity index (χ4n) is 3.83. The van der Waals surface area contributed by atoms with Gasteiger partial charge in [0.1, 0.15) is 0 Å². The van der Waals surface area contributed by atoms with E-state index in [1.54, 1.807) is 50.7 Å². The second-order valence-corrected chi connectivity index (χ2v) is 10.1. The van der Waals surface area contributed by atoms with Gasteiger partial charge in [-0.2, -0.15) is 0 Å². The molecule has 0 aliphatic carbocycles. The van der Waals surface area contributed by atoms with Crippen molar-refractivity contribution in [3.05, 3.63) is 96.2 Å². The van der Waals surface area contributed by atoms with Crippen molar-refractivity contribution in [2.45, 2.75) is 37.8 Å². The minimum absolute atomic E-state index is 0.0567. The highest BCUT2D eigenvalue weighted by molar-refractivity contribution is 7.98. The van der Waals surface area contributed by atoms with Crippen LogP contribution in [0, 0.1) is 0 Å². The van der Waals surface area contributed by atoms with Gasteiger partial charge in [0.05, 0.1) is 33.9 Å². The number of aromatic carboxylic acids is 1. The Hall–Kier alpha value is -3.43. The number of aromatic nitrogens is 1. The van der Waals surface area contributed by atoms with Crippen LogP contribution in [0.3, 0.4) is 0 Å². The number of rotatable bonds is 6. The monoisotopic (exact) mass is 507 g/mol. The average Bonchev–Trinajstić information content (AvgIpc) is 3.12. The predicted octanol–water partition coefficient (Wildman–Crippen LogP) is 2.27. The molecule has 180 valence electrons. The predicted molar refractivity (Wildman–Crippen MR) is 134 cm³/mol. The average molecular weight is 508 g/mol. The lowest BCUT2D eigenvalue weighted by molar-refractivity contribution is -0.255. The first kappa shape index (κ1) is 24.7. The molecule has 0 amide bonds. The molecule has 35 heavy (non-hydrogen) atoms. The largest absolute Gasteiger partial charge is 0.545 e. The van der Waals surface area contributed by atoms with Crippen LogP contribution in [0.25, 0.3) is 6.08 Å². The Labute approximate surface area is 210 Å². The molecule has 0 unspecified atom stereocenters. The summed E-state index contributed by atoms with van der Waals surface area (Å²) in [6.45, 7) is 5.30. The molecule has 9 heteroatoms. The van der Waals surface area contributed by atoms with Crippen LogP contribution in [0.15, 0.2) is 74.5 Å². The second kappa shape index (κ2) is 10.1. The van der Waals surface area contributed by atoms with Crippen molar-refractivity contribution in [3.63, 3.8) is 0 Å². The number of hydrogen-bond donors (Lipinski definition) is 0. The van der Waals surface area contributed by atoms with Crippen molar-refractivity contribution < 1.29 is 19.4 Å². The van der Waals surface area contributed by atoms with E-state index in [1.807, 2.05) is 30.5 Å². The van der Waals surface area contributed by atoms with Crippen molar-refractivity contribution in [1.82, 2.24) is 4.57 Å². The molecular formula is C26H23N2O5S2-. The Morgan fingerprint density at radius 3 is 2.37 bits per heavy atom. The molecule has 2 heterocycles. The molecule has 0 radical (unpaired) electrons. The van der Waals surface area contributed by atoms with Crippen LogP contribution in [0.1, 0.15) is 48.3 Å². The summed E-state index contributed by atoms with van der Waals surface area (Å²) in [6.07, 6.45) is 3.34. The quantitative estimate of drug-likeness (QED) is 0.375. The van der Waals surface area contributed by atoms with Gasteiger partial charge in [0.2, 0.25) is 0 Å². The van der Waals surface area contributed by atoms with Gasteiger partial charge in [-0.25, -0.2) is 9.79 Å². The van der Waals surface area contributed by atoms with Gasteiger partial charge in [-0.05, 0) is 61.9 Å². The highest BCUT2D eigenvalue weighted by Crippen LogP contribution is 2.32. The third-order valence-electron chi connectivity index (χ3n) is 5.46. The molecule has 2 aromatic carbocycles. The first-order valence-electron chi connectivity index (χ1n) is 10.9. The number of hydrogen-bond acceptors (Lipinski definition) is 8. The van der Waals surface area contributed by atoms with E-state index in [4.69, 9.17) is 4.74 Å². The molecule has 0 saturated heterocycles. The summed E-state index contributed by atoms with van der Waals surface area (Å²) in [7, 11) is 0. The highest BCUT2D eigenvalue weighted by atomic mass is 32.2. The summed E-state index contributed by atoms with van der Waals surface area (Å²) in [5.74, 6) is -1.77. The summed E-state index contributed by atoms with van der Waals surface area (Å²) >= 11 is 2.82. The van der Waals surface area contributed by atoms with Crippen molar-refractivity contribution in [2.24, 2.45) is 4.99 Å². The number of carboxylic acids is 1. The number of allylic oxidation sites excluding steroid dienone is 1. The maximum absolute atomic E-state index is 13.6. The fourth-order valence-corrected chi connectivity index (χ4v) is 5.28. The number of carbonyl (C=O) groups excluding carboxylic acids is 2. The van der Waals surface area contributed by atoms with Gasteiger partial charge in [0.25, 0.3) is 5.56 Å². The molecule has 0 bridgehead atoms. The number of thiazole rings is 1. The maximum Gasteiger partial charge on any atom is 0.338 e. The topological polar surface area (TPSA) is 101 Å². The summed E-state index contributed by atoms with van der Waals surface area (Å²) < 4.78 is 7.46. The molecule has 7 nitrogen and oxygen atoms in total. The summed E-state index contributed by atoms with van der Waals surface area (Å²) in [5, 5.41) is 11.0. The molecule has 1 aromatic heterocycles. The third kappa shape index (κ3) is 5.01. The number of carbonyl (C=O) groups is 2. The third-order valence-corrected chi connectivity index (χ3v) is 7.19. The molecule has 0 saturated carbocycles. The molecular weight excluding hydrogens is 484 g/mol. The molecule has 4 rings (SSSR count). The highest BCUT2D eigenvalue weighted by Gasteiger charge is 2.33. The van der Waals surface area contributed by atoms with Crippen LogP contribution in [0.4, 0.5) is 0 Å². The molecule has 1 aliphatic rings. The van der Waals surface area contributed by atoms with Gasteiger partial charge in [-0.1, -0.05) is 47.7 Å². The number of thioether (sulfide) groups is 1. The van der Waals surface area contributed by atoms with Crippen molar-refractivity contribution in [2.75, 3.05) is 6.26 Å². The van der Waals surface area contributed by atoms with Crippen LogP contribution < -0.4 is 20.0 Å². The summed E-state index contributed by atoms with van der Waals surface area (Å²) in [6, 6.07) is 13.1. The minimum atomic E-state index is -1.26. The number of carboxylic acid groups (broad SMARTS) is 1. The normalized spacial score (nSPS) is 15.7. The first-order valence-corrected chi connectivity index (χ1v) is 12.9. The number of ether oxygens (including phenoxy) is 1. The lowest BCUT2D eigenvalue weighted by Gasteiger charge is -2.25. The molecule has 1 aliphatic heterocycles.